The van der Waals surface area contributed by atoms with Gasteiger partial charge in [-0.2, -0.15) is 0 Å². The van der Waals surface area contributed by atoms with Gasteiger partial charge in [0, 0.05) is 18.6 Å². The minimum absolute atomic E-state index is 0.00897. The molecule has 116 valence electrons. The first-order valence-electron chi connectivity index (χ1n) is 7.48. The molecule has 1 aromatic carbocycles. The van der Waals surface area contributed by atoms with Crippen molar-refractivity contribution in [2.45, 2.75) is 49.8 Å². The quantitative estimate of drug-likeness (QED) is 0.870. The molecule has 0 amide bonds. The number of nitrogens with zero attached hydrogens (tertiary/aromatic N) is 1. The van der Waals surface area contributed by atoms with Crippen LogP contribution in [0, 0.1) is 6.92 Å². The Hall–Kier alpha value is -0.950. The summed E-state index contributed by atoms with van der Waals surface area (Å²) in [7, 11) is -3.53. The van der Waals surface area contributed by atoms with Crippen LogP contribution < -0.4 is 4.72 Å². The monoisotopic (exact) mass is 310 g/mol. The molecule has 0 spiro atoms. The van der Waals surface area contributed by atoms with Crippen LogP contribution in [0.2, 0.25) is 0 Å². The molecule has 2 N–H and O–H groups in total. The van der Waals surface area contributed by atoms with E-state index in [-0.39, 0.29) is 17.5 Å². The van der Waals surface area contributed by atoms with Gasteiger partial charge >= 0.3 is 0 Å². The number of aliphatic hydroxyl groups excluding tert-OH is 1. The van der Waals surface area contributed by atoms with Gasteiger partial charge in [-0.25, -0.2) is 13.1 Å². The highest BCUT2D eigenvalue weighted by Crippen LogP contribution is 2.29. The second-order valence-electron chi connectivity index (χ2n) is 5.96. The molecular weight excluding hydrogens is 288 g/mol. The highest BCUT2D eigenvalue weighted by molar-refractivity contribution is 7.89. The topological polar surface area (TPSA) is 69.6 Å². The number of rotatable bonds is 4. The Morgan fingerprint density at radius 3 is 2.90 bits per heavy atom. The first kappa shape index (κ1) is 15.0. The van der Waals surface area contributed by atoms with Gasteiger partial charge in [-0.15, -0.1) is 0 Å². The highest BCUT2D eigenvalue weighted by Gasteiger charge is 2.39. The van der Waals surface area contributed by atoms with Gasteiger partial charge in [-0.3, -0.25) is 4.90 Å². The number of fused-ring (bicyclic) bond motifs is 1. The van der Waals surface area contributed by atoms with Crippen LogP contribution in [0.15, 0.2) is 23.1 Å². The van der Waals surface area contributed by atoms with E-state index < -0.39 is 10.0 Å². The molecule has 0 radical (unpaired) electrons. The van der Waals surface area contributed by atoms with Crippen LogP contribution >= 0.6 is 0 Å². The summed E-state index contributed by atoms with van der Waals surface area (Å²) in [5.41, 5.74) is 1.29. The van der Waals surface area contributed by atoms with Crippen LogP contribution in [0.4, 0.5) is 0 Å². The van der Waals surface area contributed by atoms with Crippen molar-refractivity contribution in [1.29, 1.82) is 0 Å². The van der Waals surface area contributed by atoms with E-state index in [1.54, 1.807) is 25.1 Å². The van der Waals surface area contributed by atoms with Gasteiger partial charge < -0.3 is 5.11 Å². The van der Waals surface area contributed by atoms with Crippen molar-refractivity contribution in [3.05, 3.63) is 29.3 Å². The van der Waals surface area contributed by atoms with Crippen molar-refractivity contribution in [1.82, 2.24) is 9.62 Å². The van der Waals surface area contributed by atoms with Crippen LogP contribution in [0.1, 0.15) is 30.4 Å². The molecule has 0 aromatic heterocycles. The second-order valence-corrected chi connectivity index (χ2v) is 7.64. The van der Waals surface area contributed by atoms with Crippen LogP contribution in [0.25, 0.3) is 0 Å². The standard InChI is InChI=1S/C15H22N2O3S/c1-11-12(10-18)4-2-6-15(11)21(19,20)16-13-7-9-17-8-3-5-14(13)17/h2,4,6,13-14,16,18H,3,5,7-10H2,1H3. The predicted molar refractivity (Wildman–Crippen MR) is 80.4 cm³/mol. The summed E-state index contributed by atoms with van der Waals surface area (Å²) in [5.74, 6) is 0. The van der Waals surface area contributed by atoms with Crippen LogP contribution in [0.3, 0.4) is 0 Å². The normalized spacial score (nSPS) is 26.2. The third-order valence-electron chi connectivity index (χ3n) is 4.77. The Labute approximate surface area is 126 Å². The van der Waals surface area contributed by atoms with Gasteiger partial charge in [-0.05, 0) is 49.9 Å². The van der Waals surface area contributed by atoms with E-state index >= 15 is 0 Å². The summed E-state index contributed by atoms with van der Waals surface area (Å²) in [6, 6.07) is 5.40. The van der Waals surface area contributed by atoms with Crippen molar-refractivity contribution in [3.63, 3.8) is 0 Å². The van der Waals surface area contributed by atoms with Gasteiger partial charge in [0.05, 0.1) is 11.5 Å². The average Bonchev–Trinajstić information content (AvgIpc) is 3.04. The molecule has 0 saturated carbocycles. The molecule has 2 unspecified atom stereocenters. The molecule has 5 nitrogen and oxygen atoms in total. The molecule has 6 heteroatoms. The number of benzene rings is 1. The third-order valence-corrected chi connectivity index (χ3v) is 6.40. The van der Waals surface area contributed by atoms with E-state index in [1.807, 2.05) is 0 Å². The predicted octanol–water partition coefficient (Wildman–Crippen LogP) is 1.00. The Kier molecular flexibility index (Phi) is 4.05. The summed E-state index contributed by atoms with van der Waals surface area (Å²) in [4.78, 5) is 2.66. The summed E-state index contributed by atoms with van der Waals surface area (Å²) >= 11 is 0. The van der Waals surface area contributed by atoms with E-state index in [0.717, 1.165) is 32.4 Å². The molecule has 0 bridgehead atoms. The van der Waals surface area contributed by atoms with Gasteiger partial charge in [0.1, 0.15) is 0 Å². The Morgan fingerprint density at radius 2 is 2.14 bits per heavy atom. The van der Waals surface area contributed by atoms with Crippen molar-refractivity contribution in [3.8, 4) is 0 Å². The van der Waals surface area contributed by atoms with Gasteiger partial charge in [0.2, 0.25) is 10.0 Å². The minimum Gasteiger partial charge on any atom is -0.392 e. The molecule has 2 atom stereocenters. The summed E-state index contributed by atoms with van der Waals surface area (Å²) < 4.78 is 28.2. The SMILES string of the molecule is Cc1c(CO)cccc1S(=O)(=O)NC1CCN2CCCC12. The fourth-order valence-corrected chi connectivity index (χ4v) is 5.20. The van der Waals surface area contributed by atoms with E-state index in [0.29, 0.717) is 17.2 Å². The number of nitrogens with one attached hydrogen (secondary N) is 1. The lowest BCUT2D eigenvalue weighted by Gasteiger charge is -2.22. The fraction of sp³-hybridized carbons (Fsp3) is 0.600. The minimum atomic E-state index is -3.53. The lowest BCUT2D eigenvalue weighted by Crippen LogP contribution is -2.42. The largest absolute Gasteiger partial charge is 0.392 e. The zero-order valence-electron chi connectivity index (χ0n) is 12.2. The van der Waals surface area contributed by atoms with E-state index in [2.05, 4.69) is 9.62 Å². The van der Waals surface area contributed by atoms with Crippen molar-refractivity contribution in [2.24, 2.45) is 0 Å². The summed E-state index contributed by atoms with van der Waals surface area (Å²) in [6.45, 7) is 3.67. The second kappa shape index (κ2) is 5.68. The van der Waals surface area contributed by atoms with Crippen molar-refractivity contribution >= 4 is 10.0 Å². The van der Waals surface area contributed by atoms with Crippen LogP contribution in [-0.2, 0) is 16.6 Å². The number of sulfonamides is 1. The first-order chi connectivity index (χ1) is 10.0. The Balaban J connectivity index is 1.84. The van der Waals surface area contributed by atoms with E-state index in [4.69, 9.17) is 0 Å². The lowest BCUT2D eigenvalue weighted by molar-refractivity contribution is 0.280. The molecule has 2 fully saturated rings. The zero-order valence-corrected chi connectivity index (χ0v) is 13.1. The smallest absolute Gasteiger partial charge is 0.241 e. The average molecular weight is 310 g/mol. The number of hydrogen-bond acceptors (Lipinski definition) is 4. The maximum atomic E-state index is 12.7. The van der Waals surface area contributed by atoms with Crippen LogP contribution in [0.5, 0.6) is 0 Å². The maximum Gasteiger partial charge on any atom is 0.241 e. The van der Waals surface area contributed by atoms with Crippen LogP contribution in [-0.4, -0.2) is 43.6 Å². The van der Waals surface area contributed by atoms with Gasteiger partial charge in [0.15, 0.2) is 0 Å². The van der Waals surface area contributed by atoms with Gasteiger partial charge in [0.25, 0.3) is 0 Å². The molecule has 3 rings (SSSR count). The molecule has 1 aromatic rings. The maximum absolute atomic E-state index is 12.7. The highest BCUT2D eigenvalue weighted by atomic mass is 32.2. The molecule has 2 aliphatic heterocycles. The summed E-state index contributed by atoms with van der Waals surface area (Å²) in [5, 5.41) is 9.29. The molecular formula is C15H22N2O3S. The van der Waals surface area contributed by atoms with Gasteiger partial charge in [-0.1, -0.05) is 12.1 Å². The lowest BCUT2D eigenvalue weighted by atomic mass is 10.1. The Bertz CT molecular complexity index is 630. The molecule has 2 saturated heterocycles. The first-order valence-corrected chi connectivity index (χ1v) is 8.97. The van der Waals surface area contributed by atoms with E-state index in [9.17, 15) is 13.5 Å². The summed E-state index contributed by atoms with van der Waals surface area (Å²) in [6.07, 6.45) is 3.10. The Morgan fingerprint density at radius 1 is 1.33 bits per heavy atom. The number of hydrogen-bond donors (Lipinski definition) is 2. The molecule has 2 heterocycles. The molecule has 0 aliphatic carbocycles. The van der Waals surface area contributed by atoms with Crippen molar-refractivity contribution in [2.75, 3.05) is 13.1 Å². The molecule has 2 aliphatic rings. The molecule has 21 heavy (non-hydrogen) atoms. The third kappa shape index (κ3) is 2.73. The van der Waals surface area contributed by atoms with E-state index in [1.165, 1.54) is 0 Å². The zero-order chi connectivity index (χ0) is 15.0. The number of aliphatic hydroxyl groups is 1. The van der Waals surface area contributed by atoms with Crippen molar-refractivity contribution < 1.29 is 13.5 Å². The fourth-order valence-electron chi connectivity index (χ4n) is 3.61.